The molecule has 0 bridgehead atoms. The minimum atomic E-state index is -0.623. The van der Waals surface area contributed by atoms with Crippen LogP contribution in [0.15, 0.2) is 30.5 Å². The van der Waals surface area contributed by atoms with Gasteiger partial charge in [-0.25, -0.2) is 4.98 Å². The molecule has 1 aromatic carbocycles. The van der Waals surface area contributed by atoms with Crippen molar-refractivity contribution in [1.29, 1.82) is 0 Å². The molecule has 2 aromatic rings. The van der Waals surface area contributed by atoms with E-state index >= 15 is 0 Å². The molecule has 21 heavy (non-hydrogen) atoms. The summed E-state index contributed by atoms with van der Waals surface area (Å²) < 4.78 is 0. The van der Waals surface area contributed by atoms with E-state index in [9.17, 15) is 10.1 Å². The lowest BCUT2D eigenvalue weighted by atomic mass is 10.1. The van der Waals surface area contributed by atoms with Crippen LogP contribution < -0.4 is 11.1 Å². The quantitative estimate of drug-likeness (QED) is 0.537. The third-order valence-corrected chi connectivity index (χ3v) is 2.90. The lowest BCUT2D eigenvalue weighted by Crippen LogP contribution is -2.10. The molecule has 8 nitrogen and oxygen atoms in total. The first-order valence-electron chi connectivity index (χ1n) is 6.29. The molecule has 0 spiro atoms. The van der Waals surface area contributed by atoms with Crippen molar-refractivity contribution in [2.24, 2.45) is 0 Å². The zero-order valence-corrected chi connectivity index (χ0v) is 11.2. The number of hydrogen-bond acceptors (Lipinski definition) is 7. The summed E-state index contributed by atoms with van der Waals surface area (Å²) in [6.45, 7) is 0.587. The van der Waals surface area contributed by atoms with Crippen LogP contribution >= 0.6 is 0 Å². The fourth-order valence-corrected chi connectivity index (χ4v) is 1.74. The molecular weight excluding hydrogens is 274 g/mol. The fourth-order valence-electron chi connectivity index (χ4n) is 1.74. The summed E-state index contributed by atoms with van der Waals surface area (Å²) in [6, 6.07) is 7.57. The third-order valence-electron chi connectivity index (χ3n) is 2.90. The van der Waals surface area contributed by atoms with Gasteiger partial charge in [-0.2, -0.15) is 4.98 Å². The van der Waals surface area contributed by atoms with E-state index in [0.29, 0.717) is 6.54 Å². The Morgan fingerprint density at radius 2 is 1.95 bits per heavy atom. The van der Waals surface area contributed by atoms with Gasteiger partial charge in [-0.15, -0.1) is 0 Å². The molecule has 0 saturated heterocycles. The predicted octanol–water partition coefficient (Wildman–Crippen LogP) is 1.11. The van der Waals surface area contributed by atoms with E-state index in [1.165, 1.54) is 0 Å². The summed E-state index contributed by atoms with van der Waals surface area (Å²) in [5, 5.41) is 22.5. The Morgan fingerprint density at radius 3 is 2.52 bits per heavy atom. The Labute approximate surface area is 120 Å². The third kappa shape index (κ3) is 3.86. The normalized spacial score (nSPS) is 10.3. The molecule has 0 aliphatic rings. The second-order valence-corrected chi connectivity index (χ2v) is 4.37. The summed E-state index contributed by atoms with van der Waals surface area (Å²) >= 11 is 0. The topological polar surface area (TPSA) is 127 Å². The van der Waals surface area contributed by atoms with Crippen molar-refractivity contribution in [2.45, 2.75) is 13.0 Å². The van der Waals surface area contributed by atoms with Gasteiger partial charge in [0.1, 0.15) is 6.20 Å². The van der Waals surface area contributed by atoms with E-state index in [0.717, 1.165) is 23.7 Å². The van der Waals surface area contributed by atoms with Gasteiger partial charge in [0, 0.05) is 6.54 Å². The molecule has 0 fully saturated rings. The van der Waals surface area contributed by atoms with Crippen LogP contribution in [0.1, 0.15) is 11.1 Å². The van der Waals surface area contributed by atoms with E-state index in [-0.39, 0.29) is 24.1 Å². The molecule has 1 aromatic heterocycles. The van der Waals surface area contributed by atoms with Crippen LogP contribution in [0.3, 0.4) is 0 Å². The van der Waals surface area contributed by atoms with Crippen LogP contribution in [0.2, 0.25) is 0 Å². The summed E-state index contributed by atoms with van der Waals surface area (Å²) in [6.07, 6.45) is 1.81. The van der Waals surface area contributed by atoms with Crippen molar-refractivity contribution in [2.75, 3.05) is 17.6 Å². The lowest BCUT2D eigenvalue weighted by Gasteiger charge is -2.06. The van der Waals surface area contributed by atoms with Crippen LogP contribution in [-0.4, -0.2) is 26.5 Å². The Balaban J connectivity index is 1.91. The van der Waals surface area contributed by atoms with Crippen LogP contribution in [0, 0.1) is 10.1 Å². The first kappa shape index (κ1) is 14.7. The van der Waals surface area contributed by atoms with Gasteiger partial charge in [0.25, 0.3) is 0 Å². The summed E-state index contributed by atoms with van der Waals surface area (Å²) in [7, 11) is 0. The molecule has 0 unspecified atom stereocenters. The largest absolute Gasteiger partial charge is 0.392 e. The van der Waals surface area contributed by atoms with Crippen molar-refractivity contribution in [1.82, 2.24) is 9.97 Å². The van der Waals surface area contributed by atoms with Crippen molar-refractivity contribution in [3.8, 4) is 0 Å². The number of nitrogens with one attached hydrogen (secondary N) is 1. The van der Waals surface area contributed by atoms with Gasteiger partial charge in [-0.3, -0.25) is 10.1 Å². The summed E-state index contributed by atoms with van der Waals surface area (Å²) in [4.78, 5) is 17.6. The van der Waals surface area contributed by atoms with Gasteiger partial charge >= 0.3 is 5.69 Å². The summed E-state index contributed by atoms with van der Waals surface area (Å²) in [5.41, 5.74) is 7.13. The zero-order chi connectivity index (χ0) is 15.2. The number of benzene rings is 1. The highest BCUT2D eigenvalue weighted by atomic mass is 16.6. The molecule has 0 aliphatic carbocycles. The van der Waals surface area contributed by atoms with Crippen LogP contribution in [0.5, 0.6) is 0 Å². The molecule has 0 aliphatic heterocycles. The van der Waals surface area contributed by atoms with Crippen LogP contribution in [-0.2, 0) is 13.0 Å². The number of aliphatic hydroxyl groups excluding tert-OH is 1. The van der Waals surface area contributed by atoms with Gasteiger partial charge in [0.05, 0.1) is 11.5 Å². The average Bonchev–Trinajstić information content (AvgIpc) is 2.47. The number of nitro groups is 1. The smallest absolute Gasteiger partial charge is 0.329 e. The second-order valence-electron chi connectivity index (χ2n) is 4.37. The van der Waals surface area contributed by atoms with Gasteiger partial charge < -0.3 is 16.2 Å². The molecule has 8 heteroatoms. The molecule has 0 saturated carbocycles. The van der Waals surface area contributed by atoms with E-state index in [1.54, 1.807) is 0 Å². The molecule has 0 radical (unpaired) electrons. The van der Waals surface area contributed by atoms with Crippen molar-refractivity contribution >= 4 is 17.5 Å². The Hall–Kier alpha value is -2.74. The van der Waals surface area contributed by atoms with Gasteiger partial charge in [0.2, 0.25) is 11.8 Å². The molecule has 110 valence electrons. The van der Waals surface area contributed by atoms with E-state index in [4.69, 9.17) is 10.8 Å². The Bertz CT molecular complexity index is 630. The molecular formula is C13H15N5O3. The molecule has 1 heterocycles. The number of hydrogen-bond donors (Lipinski definition) is 3. The van der Waals surface area contributed by atoms with E-state index in [1.807, 2.05) is 24.3 Å². The van der Waals surface area contributed by atoms with E-state index < -0.39 is 4.92 Å². The zero-order valence-electron chi connectivity index (χ0n) is 11.2. The molecule has 0 atom stereocenters. The van der Waals surface area contributed by atoms with E-state index in [2.05, 4.69) is 15.3 Å². The Morgan fingerprint density at radius 1 is 1.29 bits per heavy atom. The van der Waals surface area contributed by atoms with Crippen LogP contribution in [0.25, 0.3) is 0 Å². The van der Waals surface area contributed by atoms with Gasteiger partial charge in [-0.05, 0) is 17.5 Å². The minimum Gasteiger partial charge on any atom is -0.392 e. The van der Waals surface area contributed by atoms with Crippen molar-refractivity contribution < 1.29 is 10.0 Å². The highest BCUT2D eigenvalue weighted by Gasteiger charge is 2.13. The maximum atomic E-state index is 10.6. The molecule has 0 amide bonds. The number of nitrogens with zero attached hydrogens (tertiary/aromatic N) is 3. The monoisotopic (exact) mass is 289 g/mol. The SMILES string of the molecule is Nc1nc(NCCc2ccc(CO)cc2)ncc1[N+](=O)[O-]. The standard InChI is InChI=1S/C13H15N5O3/c14-12-11(18(20)21)7-16-13(17-12)15-6-5-9-1-3-10(8-19)4-2-9/h1-4,7,19H,5-6,8H2,(H3,14,15,16,17). The van der Waals surface area contributed by atoms with Crippen molar-refractivity contribution in [3.63, 3.8) is 0 Å². The fraction of sp³-hybridized carbons (Fsp3) is 0.231. The molecule has 2 rings (SSSR count). The number of nitrogen functional groups attached to an aromatic ring is 1. The maximum absolute atomic E-state index is 10.6. The van der Waals surface area contributed by atoms with Crippen molar-refractivity contribution in [3.05, 3.63) is 51.7 Å². The lowest BCUT2D eigenvalue weighted by molar-refractivity contribution is -0.384. The number of aromatic nitrogens is 2. The predicted molar refractivity (Wildman–Crippen MR) is 77.7 cm³/mol. The average molecular weight is 289 g/mol. The minimum absolute atomic E-state index is 0.0223. The molecule has 4 N–H and O–H groups in total. The first-order valence-corrected chi connectivity index (χ1v) is 6.29. The number of anilines is 2. The number of rotatable bonds is 6. The second kappa shape index (κ2) is 6.62. The number of nitrogens with two attached hydrogens (primary N) is 1. The van der Waals surface area contributed by atoms with Crippen LogP contribution in [0.4, 0.5) is 17.5 Å². The highest BCUT2D eigenvalue weighted by molar-refractivity contribution is 5.53. The maximum Gasteiger partial charge on any atom is 0.329 e. The van der Waals surface area contributed by atoms with Gasteiger partial charge in [-0.1, -0.05) is 24.3 Å². The number of aliphatic hydroxyl groups is 1. The summed E-state index contributed by atoms with van der Waals surface area (Å²) in [5.74, 6) is 0.0925. The first-order chi connectivity index (χ1) is 10.1. The van der Waals surface area contributed by atoms with Gasteiger partial charge in [0.15, 0.2) is 0 Å². The highest BCUT2D eigenvalue weighted by Crippen LogP contribution is 2.18. The Kier molecular flexibility index (Phi) is 4.62.